The Balaban J connectivity index is 2.30. The highest BCUT2D eigenvalue weighted by atomic mass is 35.5. The van der Waals surface area contributed by atoms with Gasteiger partial charge in [-0.05, 0) is 31.0 Å². The molecule has 0 spiro atoms. The first-order valence-corrected chi connectivity index (χ1v) is 6.28. The Morgan fingerprint density at radius 2 is 2.12 bits per heavy atom. The van der Waals surface area contributed by atoms with Crippen LogP contribution in [0.2, 0.25) is 5.02 Å². The van der Waals surface area contributed by atoms with Crippen LogP contribution >= 0.6 is 11.6 Å². The van der Waals surface area contributed by atoms with Crippen molar-refractivity contribution in [2.24, 2.45) is 0 Å². The van der Waals surface area contributed by atoms with Crippen molar-refractivity contribution in [3.05, 3.63) is 28.8 Å². The molecule has 4 heteroatoms. The van der Waals surface area contributed by atoms with Gasteiger partial charge >= 0.3 is 0 Å². The maximum Gasteiger partial charge on any atom is 0.221 e. The van der Waals surface area contributed by atoms with Gasteiger partial charge in [0.1, 0.15) is 0 Å². The highest BCUT2D eigenvalue weighted by Gasteiger charge is 2.00. The Morgan fingerprint density at radius 1 is 1.35 bits per heavy atom. The van der Waals surface area contributed by atoms with E-state index in [1.807, 2.05) is 32.0 Å². The summed E-state index contributed by atoms with van der Waals surface area (Å²) in [4.78, 5) is 11.3. The maximum atomic E-state index is 11.3. The Labute approximate surface area is 108 Å². The predicted molar refractivity (Wildman–Crippen MR) is 72.6 cm³/mol. The number of halogens is 1. The fourth-order valence-electron chi connectivity index (χ4n) is 1.38. The molecule has 94 valence electrons. The van der Waals surface area contributed by atoms with E-state index in [1.165, 1.54) is 0 Å². The van der Waals surface area contributed by atoms with Crippen molar-refractivity contribution >= 4 is 23.2 Å². The molecule has 0 bridgehead atoms. The van der Waals surface area contributed by atoms with Crippen molar-refractivity contribution in [1.29, 1.82) is 0 Å². The summed E-state index contributed by atoms with van der Waals surface area (Å²) in [5.41, 5.74) is 2.00. The number of carbonyl (C=O) groups is 1. The number of carbonyl (C=O) groups excluding carboxylic acids is 1. The van der Waals surface area contributed by atoms with E-state index >= 15 is 0 Å². The van der Waals surface area contributed by atoms with Crippen LogP contribution in [-0.2, 0) is 4.79 Å². The van der Waals surface area contributed by atoms with E-state index in [4.69, 9.17) is 11.6 Å². The van der Waals surface area contributed by atoms with E-state index in [2.05, 4.69) is 10.6 Å². The summed E-state index contributed by atoms with van der Waals surface area (Å²) >= 11 is 6.00. The van der Waals surface area contributed by atoms with E-state index in [1.54, 1.807) is 0 Å². The van der Waals surface area contributed by atoms with Gasteiger partial charge in [0.15, 0.2) is 0 Å². The van der Waals surface area contributed by atoms with Gasteiger partial charge in [0.2, 0.25) is 5.91 Å². The van der Waals surface area contributed by atoms with Crippen molar-refractivity contribution in [3.8, 4) is 0 Å². The van der Waals surface area contributed by atoms with Gasteiger partial charge in [-0.2, -0.15) is 0 Å². The topological polar surface area (TPSA) is 41.1 Å². The molecule has 0 radical (unpaired) electrons. The third-order valence-corrected chi connectivity index (χ3v) is 2.83. The molecular weight excluding hydrogens is 236 g/mol. The van der Waals surface area contributed by atoms with Crippen molar-refractivity contribution < 1.29 is 4.79 Å². The van der Waals surface area contributed by atoms with Gasteiger partial charge in [0.05, 0.1) is 0 Å². The number of rotatable bonds is 6. The molecule has 0 unspecified atom stereocenters. The van der Waals surface area contributed by atoms with E-state index in [9.17, 15) is 4.79 Å². The zero-order valence-corrected chi connectivity index (χ0v) is 11.1. The summed E-state index contributed by atoms with van der Waals surface area (Å²) in [5, 5.41) is 6.75. The molecule has 1 aromatic carbocycles. The van der Waals surface area contributed by atoms with E-state index < -0.39 is 0 Å². The largest absolute Gasteiger partial charge is 0.384 e. The van der Waals surface area contributed by atoms with Crippen LogP contribution in [0.4, 0.5) is 5.69 Å². The van der Waals surface area contributed by atoms with Crippen molar-refractivity contribution in [2.45, 2.75) is 26.7 Å². The molecule has 0 aliphatic heterocycles. The molecule has 2 N–H and O–H groups in total. The molecule has 0 aromatic heterocycles. The first kappa shape index (κ1) is 13.8. The second-order valence-corrected chi connectivity index (χ2v) is 4.40. The van der Waals surface area contributed by atoms with Crippen LogP contribution in [0, 0.1) is 6.92 Å². The quantitative estimate of drug-likeness (QED) is 0.820. The first-order valence-electron chi connectivity index (χ1n) is 5.90. The van der Waals surface area contributed by atoms with Crippen molar-refractivity contribution in [2.75, 3.05) is 18.4 Å². The summed E-state index contributed by atoms with van der Waals surface area (Å²) in [7, 11) is 0. The minimum atomic E-state index is 0.0811. The van der Waals surface area contributed by atoms with Gasteiger partial charge in [-0.3, -0.25) is 4.79 Å². The molecule has 1 amide bonds. The maximum absolute atomic E-state index is 11.3. The van der Waals surface area contributed by atoms with E-state index in [0.29, 0.717) is 13.0 Å². The predicted octanol–water partition coefficient (Wildman–Crippen LogP) is 2.98. The van der Waals surface area contributed by atoms with E-state index in [-0.39, 0.29) is 5.91 Å². The molecule has 1 aromatic rings. The number of hydrogen-bond donors (Lipinski definition) is 2. The van der Waals surface area contributed by atoms with Crippen LogP contribution in [-0.4, -0.2) is 19.0 Å². The smallest absolute Gasteiger partial charge is 0.221 e. The normalized spacial score (nSPS) is 10.1. The summed E-state index contributed by atoms with van der Waals surface area (Å²) in [5.74, 6) is 0.0811. The van der Waals surface area contributed by atoms with Gasteiger partial charge in [-0.25, -0.2) is 0 Å². The van der Waals surface area contributed by atoms with Crippen LogP contribution in [0.5, 0.6) is 0 Å². The lowest BCUT2D eigenvalue weighted by Gasteiger charge is -2.08. The van der Waals surface area contributed by atoms with Gasteiger partial charge in [-0.15, -0.1) is 0 Å². The van der Waals surface area contributed by atoms with Crippen LogP contribution in [0.15, 0.2) is 18.2 Å². The molecule has 0 aliphatic rings. The van der Waals surface area contributed by atoms with Gasteiger partial charge in [0.25, 0.3) is 0 Å². The molecule has 0 fully saturated rings. The second-order valence-electron chi connectivity index (χ2n) is 3.99. The number of amides is 1. The van der Waals surface area contributed by atoms with Crippen molar-refractivity contribution in [3.63, 3.8) is 0 Å². The summed E-state index contributed by atoms with van der Waals surface area (Å²) in [6.45, 7) is 5.36. The fraction of sp³-hybridized carbons (Fsp3) is 0.462. The third kappa shape index (κ3) is 5.09. The molecule has 0 atom stereocenters. The SMILES string of the molecule is CCCNC(=O)CCNc1ccc(C)c(Cl)c1. The molecular formula is C13H19ClN2O. The number of hydrogen-bond acceptors (Lipinski definition) is 2. The fourth-order valence-corrected chi connectivity index (χ4v) is 1.56. The molecule has 1 rings (SSSR count). The Kier molecular flexibility index (Phi) is 5.84. The highest BCUT2D eigenvalue weighted by molar-refractivity contribution is 6.31. The monoisotopic (exact) mass is 254 g/mol. The number of anilines is 1. The van der Waals surface area contributed by atoms with Crippen LogP contribution in [0.1, 0.15) is 25.3 Å². The molecule has 0 saturated carbocycles. The standard InChI is InChI=1S/C13H19ClN2O/c1-3-7-16-13(17)6-8-15-11-5-4-10(2)12(14)9-11/h4-5,9,15H,3,6-8H2,1-2H3,(H,16,17). The Morgan fingerprint density at radius 3 is 2.76 bits per heavy atom. The minimum Gasteiger partial charge on any atom is -0.384 e. The molecule has 0 saturated heterocycles. The molecule has 0 heterocycles. The average Bonchev–Trinajstić information content (AvgIpc) is 2.31. The zero-order chi connectivity index (χ0) is 12.7. The van der Waals surface area contributed by atoms with Crippen LogP contribution < -0.4 is 10.6 Å². The number of benzene rings is 1. The Hall–Kier alpha value is -1.22. The minimum absolute atomic E-state index is 0.0811. The van der Waals surface area contributed by atoms with E-state index in [0.717, 1.165) is 29.2 Å². The summed E-state index contributed by atoms with van der Waals surface area (Å²) in [6.07, 6.45) is 1.44. The number of aryl methyl sites for hydroxylation is 1. The third-order valence-electron chi connectivity index (χ3n) is 2.43. The molecule has 17 heavy (non-hydrogen) atoms. The zero-order valence-electron chi connectivity index (χ0n) is 10.3. The molecule has 3 nitrogen and oxygen atoms in total. The lowest BCUT2D eigenvalue weighted by Crippen LogP contribution is -2.25. The second kappa shape index (κ2) is 7.17. The van der Waals surface area contributed by atoms with Gasteiger partial charge < -0.3 is 10.6 Å². The summed E-state index contributed by atoms with van der Waals surface area (Å²) in [6, 6.07) is 5.80. The van der Waals surface area contributed by atoms with Crippen LogP contribution in [0.3, 0.4) is 0 Å². The number of nitrogens with one attached hydrogen (secondary N) is 2. The lowest BCUT2D eigenvalue weighted by molar-refractivity contribution is -0.120. The average molecular weight is 255 g/mol. The van der Waals surface area contributed by atoms with Gasteiger partial charge in [-0.1, -0.05) is 24.6 Å². The highest BCUT2D eigenvalue weighted by Crippen LogP contribution is 2.19. The molecule has 0 aliphatic carbocycles. The first-order chi connectivity index (χ1) is 8.13. The Bertz CT molecular complexity index is 380. The lowest BCUT2D eigenvalue weighted by atomic mass is 10.2. The van der Waals surface area contributed by atoms with Gasteiger partial charge in [0, 0.05) is 30.2 Å². The van der Waals surface area contributed by atoms with Crippen molar-refractivity contribution in [1.82, 2.24) is 5.32 Å². The summed E-state index contributed by atoms with van der Waals surface area (Å²) < 4.78 is 0. The van der Waals surface area contributed by atoms with Crippen LogP contribution in [0.25, 0.3) is 0 Å².